The molecule has 0 aliphatic carbocycles. The first-order valence-electron chi connectivity index (χ1n) is 9.14. The lowest BCUT2D eigenvalue weighted by Gasteiger charge is -2.22. The van der Waals surface area contributed by atoms with Crippen LogP contribution in [0.25, 0.3) is 10.9 Å². The van der Waals surface area contributed by atoms with E-state index >= 15 is 0 Å². The number of carbonyl (C=O) groups excluding carboxylic acids is 1. The summed E-state index contributed by atoms with van der Waals surface area (Å²) in [7, 11) is 5.71. The molecule has 0 aliphatic heterocycles. The third-order valence-corrected chi connectivity index (χ3v) is 4.76. The van der Waals surface area contributed by atoms with E-state index < -0.39 is 0 Å². The van der Waals surface area contributed by atoms with Crippen molar-refractivity contribution in [1.82, 2.24) is 14.9 Å². The topological polar surface area (TPSA) is 77.7 Å². The van der Waals surface area contributed by atoms with Crippen molar-refractivity contribution >= 4 is 16.8 Å². The van der Waals surface area contributed by atoms with Gasteiger partial charge in [0.2, 0.25) is 5.91 Å². The van der Waals surface area contributed by atoms with Crippen LogP contribution in [0.5, 0.6) is 5.75 Å². The van der Waals surface area contributed by atoms with Crippen LogP contribution in [0.3, 0.4) is 0 Å². The van der Waals surface area contributed by atoms with Crippen LogP contribution < -0.4 is 20.5 Å². The number of amides is 1. The van der Waals surface area contributed by atoms with Gasteiger partial charge >= 0.3 is 0 Å². The normalized spacial score (nSPS) is 12.1. The van der Waals surface area contributed by atoms with Crippen LogP contribution in [0.15, 0.2) is 59.7 Å². The molecule has 0 spiro atoms. The fourth-order valence-corrected chi connectivity index (χ4v) is 3.14. The Kier molecular flexibility index (Phi) is 6.06. The molecule has 0 aliphatic rings. The molecule has 1 atom stereocenters. The van der Waals surface area contributed by atoms with Crippen LogP contribution in [0.1, 0.15) is 11.6 Å². The molecule has 1 heterocycles. The molecule has 7 heteroatoms. The summed E-state index contributed by atoms with van der Waals surface area (Å²) in [5.41, 5.74) is 1.51. The van der Waals surface area contributed by atoms with E-state index in [-0.39, 0.29) is 24.1 Å². The van der Waals surface area contributed by atoms with Crippen molar-refractivity contribution in [2.45, 2.75) is 12.6 Å². The number of para-hydroxylation sites is 1. The van der Waals surface area contributed by atoms with E-state index in [2.05, 4.69) is 10.3 Å². The first-order valence-corrected chi connectivity index (χ1v) is 9.14. The van der Waals surface area contributed by atoms with E-state index in [4.69, 9.17) is 4.74 Å². The van der Waals surface area contributed by atoms with Crippen LogP contribution in [0.4, 0.5) is 0 Å². The Bertz CT molecular complexity index is 1010. The fraction of sp³-hybridized carbons (Fsp3) is 0.286. The van der Waals surface area contributed by atoms with Crippen LogP contribution in [0.2, 0.25) is 0 Å². The maximum atomic E-state index is 12.5. The molecule has 0 unspecified atom stereocenters. The number of fused-ring (bicyclic) bond motifs is 1. The minimum absolute atomic E-state index is 0.0608. The fourth-order valence-electron chi connectivity index (χ4n) is 3.14. The molecule has 0 saturated carbocycles. The average Bonchev–Trinajstić information content (AvgIpc) is 2.70. The molecule has 7 nitrogen and oxygen atoms in total. The smallest absolute Gasteiger partial charge is 0.261 e. The van der Waals surface area contributed by atoms with Crippen LogP contribution in [-0.4, -0.2) is 43.2 Å². The summed E-state index contributed by atoms with van der Waals surface area (Å²) >= 11 is 0. The minimum atomic E-state index is -0.223. The minimum Gasteiger partial charge on any atom is -0.497 e. The summed E-state index contributed by atoms with van der Waals surface area (Å²) in [5.74, 6) is 0.572. The molecule has 146 valence electrons. The van der Waals surface area contributed by atoms with Crippen molar-refractivity contribution in [3.63, 3.8) is 0 Å². The number of hydrogen-bond donors (Lipinski definition) is 2. The van der Waals surface area contributed by atoms with Gasteiger partial charge in [-0.15, -0.1) is 0 Å². The Balaban J connectivity index is 1.68. The summed E-state index contributed by atoms with van der Waals surface area (Å²) < 4.78 is 6.54. The summed E-state index contributed by atoms with van der Waals surface area (Å²) in [5, 5.41) is 3.44. The third kappa shape index (κ3) is 4.37. The van der Waals surface area contributed by atoms with Gasteiger partial charge in [-0.3, -0.25) is 14.2 Å². The maximum Gasteiger partial charge on any atom is 0.261 e. The quantitative estimate of drug-likeness (QED) is 0.621. The molecule has 2 aromatic carbocycles. The van der Waals surface area contributed by atoms with Gasteiger partial charge in [0.15, 0.2) is 0 Å². The van der Waals surface area contributed by atoms with Gasteiger partial charge in [-0.2, -0.15) is 0 Å². The number of aromatic nitrogens is 2. The lowest BCUT2D eigenvalue weighted by Crippen LogP contribution is -3.07. The number of hydrogen-bond acceptors (Lipinski definition) is 4. The zero-order chi connectivity index (χ0) is 20.1. The molecule has 2 N–H and O–H groups in total. The Labute approximate surface area is 163 Å². The van der Waals surface area contributed by atoms with Crippen LogP contribution in [-0.2, 0) is 11.3 Å². The summed E-state index contributed by atoms with van der Waals surface area (Å²) in [4.78, 5) is 30.4. The highest BCUT2D eigenvalue weighted by molar-refractivity contribution is 5.78. The average molecular weight is 381 g/mol. The second-order valence-corrected chi connectivity index (χ2v) is 6.90. The Morgan fingerprint density at radius 1 is 1.18 bits per heavy atom. The molecule has 0 radical (unpaired) electrons. The molecule has 3 aromatic rings. The number of benzene rings is 2. The van der Waals surface area contributed by atoms with Gasteiger partial charge < -0.3 is 15.0 Å². The van der Waals surface area contributed by atoms with Crippen LogP contribution in [0, 0.1) is 0 Å². The Hall–Kier alpha value is -3.19. The highest BCUT2D eigenvalue weighted by atomic mass is 16.5. The van der Waals surface area contributed by atoms with E-state index in [0.717, 1.165) is 11.3 Å². The summed E-state index contributed by atoms with van der Waals surface area (Å²) in [6.07, 6.45) is 1.42. The van der Waals surface area contributed by atoms with Gasteiger partial charge in [-0.25, -0.2) is 4.98 Å². The molecule has 0 saturated heterocycles. The maximum absolute atomic E-state index is 12.5. The first kappa shape index (κ1) is 19.6. The predicted octanol–water partition coefficient (Wildman–Crippen LogP) is 0.407. The number of carbonyl (C=O) groups is 1. The summed E-state index contributed by atoms with van der Waals surface area (Å²) in [6, 6.07) is 15.0. The molecule has 0 fully saturated rings. The molecular weight excluding hydrogens is 356 g/mol. The van der Waals surface area contributed by atoms with Gasteiger partial charge in [-0.1, -0.05) is 12.1 Å². The number of nitrogens with zero attached hydrogens (tertiary/aromatic N) is 2. The number of likely N-dealkylation sites (N-methyl/N-ethyl adjacent to an activating group) is 1. The number of quaternary nitrogens is 1. The van der Waals surface area contributed by atoms with E-state index in [9.17, 15) is 9.59 Å². The molecule has 0 bridgehead atoms. The number of ether oxygens (including phenoxy) is 1. The molecule has 28 heavy (non-hydrogen) atoms. The molecular formula is C21H25N4O3+. The zero-order valence-electron chi connectivity index (χ0n) is 16.3. The van der Waals surface area contributed by atoms with Crippen LogP contribution >= 0.6 is 0 Å². The van der Waals surface area contributed by atoms with Gasteiger partial charge in [0.1, 0.15) is 18.3 Å². The highest BCUT2D eigenvalue weighted by Crippen LogP contribution is 2.15. The number of methoxy groups -OCH3 is 1. The van der Waals surface area contributed by atoms with Gasteiger partial charge in [0.05, 0.1) is 45.0 Å². The number of rotatable bonds is 7. The third-order valence-electron chi connectivity index (χ3n) is 4.76. The largest absolute Gasteiger partial charge is 0.497 e. The van der Waals surface area contributed by atoms with Crippen molar-refractivity contribution < 1.29 is 14.4 Å². The highest BCUT2D eigenvalue weighted by Gasteiger charge is 2.19. The van der Waals surface area contributed by atoms with E-state index in [1.165, 1.54) is 15.8 Å². The second-order valence-electron chi connectivity index (χ2n) is 6.90. The van der Waals surface area contributed by atoms with E-state index in [1.807, 2.05) is 44.4 Å². The Morgan fingerprint density at radius 3 is 2.57 bits per heavy atom. The van der Waals surface area contributed by atoms with Crippen molar-refractivity contribution in [2.75, 3.05) is 27.7 Å². The monoisotopic (exact) mass is 381 g/mol. The first-order chi connectivity index (χ1) is 13.5. The Morgan fingerprint density at radius 2 is 1.89 bits per heavy atom. The zero-order valence-corrected chi connectivity index (χ0v) is 16.3. The van der Waals surface area contributed by atoms with Crippen molar-refractivity contribution in [2.24, 2.45) is 0 Å². The van der Waals surface area contributed by atoms with E-state index in [0.29, 0.717) is 17.4 Å². The lowest BCUT2D eigenvalue weighted by atomic mass is 10.1. The summed E-state index contributed by atoms with van der Waals surface area (Å²) in [6.45, 7) is 0.401. The predicted molar refractivity (Wildman–Crippen MR) is 108 cm³/mol. The van der Waals surface area contributed by atoms with Gasteiger partial charge in [-0.05, 0) is 36.4 Å². The van der Waals surface area contributed by atoms with Crippen molar-refractivity contribution in [3.8, 4) is 5.75 Å². The number of nitrogens with one attached hydrogen (secondary N) is 2. The second kappa shape index (κ2) is 8.67. The van der Waals surface area contributed by atoms with Crippen molar-refractivity contribution in [3.05, 3.63) is 70.8 Å². The molecule has 1 aromatic heterocycles. The van der Waals surface area contributed by atoms with Gasteiger partial charge in [0.25, 0.3) is 5.56 Å². The molecule has 3 rings (SSSR count). The van der Waals surface area contributed by atoms with Gasteiger partial charge in [0, 0.05) is 5.56 Å². The standard InChI is InChI=1S/C21H24N4O3/c1-24(2)19(15-8-10-16(28-3)11-9-15)12-22-20(26)13-25-14-23-18-7-5-4-6-17(18)21(25)27/h4-11,14,19H,12-13H2,1-3H3,(H,22,26)/p+1/t19-/m0/s1. The molecule has 1 amide bonds. The SMILES string of the molecule is COc1ccc([C@H](CNC(=O)Cn2cnc3ccccc3c2=O)[NH+](C)C)cc1. The van der Waals surface area contributed by atoms with Crippen molar-refractivity contribution in [1.29, 1.82) is 0 Å². The lowest BCUT2D eigenvalue weighted by molar-refractivity contribution is -0.890. The van der Waals surface area contributed by atoms with E-state index in [1.54, 1.807) is 25.3 Å².